The van der Waals surface area contributed by atoms with Gasteiger partial charge < -0.3 is 16.2 Å². The van der Waals surface area contributed by atoms with Crippen molar-refractivity contribution in [2.24, 2.45) is 0 Å². The number of amides is 3. The Kier molecular flexibility index (Phi) is 3.12. The number of likely N-dealkylation sites (N-methyl/N-ethyl adjacent to an activating group) is 1. The van der Waals surface area contributed by atoms with E-state index >= 15 is 0 Å². The first-order valence-corrected chi connectivity index (χ1v) is 5.60. The Morgan fingerprint density at radius 2 is 2.16 bits per heavy atom. The van der Waals surface area contributed by atoms with Crippen molar-refractivity contribution in [2.75, 3.05) is 12.8 Å². The van der Waals surface area contributed by atoms with Gasteiger partial charge in [-0.05, 0) is 18.2 Å². The zero-order chi connectivity index (χ0) is 14.2. The van der Waals surface area contributed by atoms with Gasteiger partial charge in [0.2, 0.25) is 5.91 Å². The zero-order valence-electron chi connectivity index (χ0n) is 10.2. The fraction of sp³-hybridized carbons (Fsp3) is 0.250. The van der Waals surface area contributed by atoms with Gasteiger partial charge in [0.05, 0.1) is 12.0 Å². The summed E-state index contributed by atoms with van der Waals surface area (Å²) in [6.07, 6.45) is -0.0696. The molecule has 1 aromatic rings. The lowest BCUT2D eigenvalue weighted by atomic mass is 10.1. The number of carbonyl (C=O) groups is 3. The number of carbonyl (C=O) groups excluding carboxylic acids is 3. The summed E-state index contributed by atoms with van der Waals surface area (Å²) in [5.74, 6) is -1.52. The first kappa shape index (κ1) is 12.9. The second-order valence-corrected chi connectivity index (χ2v) is 4.29. The topological polar surface area (TPSA) is 113 Å². The molecule has 2 rings (SSSR count). The van der Waals surface area contributed by atoms with E-state index in [-0.39, 0.29) is 29.3 Å². The Bertz CT molecular complexity index is 570. The van der Waals surface area contributed by atoms with Gasteiger partial charge in [0, 0.05) is 12.7 Å². The molecule has 0 aromatic heterocycles. The number of phenolic OH excluding ortho intramolecular Hbond substituents is 1. The molecule has 1 fully saturated rings. The number of likely N-dealkylation sites (tertiary alicyclic amines) is 1. The van der Waals surface area contributed by atoms with Gasteiger partial charge in [0.25, 0.3) is 11.8 Å². The molecule has 1 aliphatic rings. The first-order chi connectivity index (χ1) is 8.90. The summed E-state index contributed by atoms with van der Waals surface area (Å²) < 4.78 is 0. The van der Waals surface area contributed by atoms with Crippen LogP contribution in [0.3, 0.4) is 0 Å². The van der Waals surface area contributed by atoms with Crippen LogP contribution in [0.4, 0.5) is 5.69 Å². The number of hydrogen-bond acceptors (Lipinski definition) is 5. The molecule has 7 heteroatoms. The molecular formula is C12H13N3O4. The van der Waals surface area contributed by atoms with Crippen molar-refractivity contribution in [1.82, 2.24) is 10.2 Å². The summed E-state index contributed by atoms with van der Waals surface area (Å²) >= 11 is 0. The van der Waals surface area contributed by atoms with Crippen molar-refractivity contribution in [2.45, 2.75) is 12.5 Å². The highest BCUT2D eigenvalue weighted by atomic mass is 16.3. The van der Waals surface area contributed by atoms with E-state index in [1.807, 2.05) is 0 Å². The Morgan fingerprint density at radius 3 is 2.74 bits per heavy atom. The van der Waals surface area contributed by atoms with E-state index in [0.717, 1.165) is 4.90 Å². The molecule has 1 heterocycles. The third-order valence-corrected chi connectivity index (χ3v) is 2.97. The molecule has 4 N–H and O–H groups in total. The molecule has 0 bridgehead atoms. The van der Waals surface area contributed by atoms with Gasteiger partial charge in [-0.3, -0.25) is 19.3 Å². The first-order valence-electron chi connectivity index (χ1n) is 5.60. The van der Waals surface area contributed by atoms with Gasteiger partial charge in [0.1, 0.15) is 11.8 Å². The second kappa shape index (κ2) is 4.60. The van der Waals surface area contributed by atoms with Gasteiger partial charge in [-0.15, -0.1) is 0 Å². The number of nitrogens with two attached hydrogens (primary N) is 1. The summed E-state index contributed by atoms with van der Waals surface area (Å²) in [6.45, 7) is 0. The number of nitrogens with zero attached hydrogens (tertiary/aromatic N) is 1. The summed E-state index contributed by atoms with van der Waals surface area (Å²) in [5, 5.41) is 11.8. The van der Waals surface area contributed by atoms with Crippen molar-refractivity contribution in [1.29, 1.82) is 0 Å². The average molecular weight is 263 g/mol. The fourth-order valence-electron chi connectivity index (χ4n) is 1.85. The molecular weight excluding hydrogens is 250 g/mol. The number of hydrogen-bond donors (Lipinski definition) is 3. The minimum absolute atomic E-state index is 0.0646. The van der Waals surface area contributed by atoms with E-state index in [9.17, 15) is 19.5 Å². The molecule has 1 unspecified atom stereocenters. The highest BCUT2D eigenvalue weighted by Crippen LogP contribution is 2.19. The monoisotopic (exact) mass is 263 g/mol. The van der Waals surface area contributed by atoms with Crippen LogP contribution in [0.5, 0.6) is 5.75 Å². The van der Waals surface area contributed by atoms with E-state index in [1.165, 1.54) is 25.2 Å². The average Bonchev–Trinajstić information content (AvgIpc) is 2.60. The number of aromatic hydroxyl groups is 1. The minimum Gasteiger partial charge on any atom is -0.508 e. The smallest absolute Gasteiger partial charge is 0.254 e. The molecule has 19 heavy (non-hydrogen) atoms. The third kappa shape index (κ3) is 2.35. The number of phenols is 1. The lowest BCUT2D eigenvalue weighted by molar-refractivity contribution is -0.137. The van der Waals surface area contributed by atoms with Crippen LogP contribution in [0.1, 0.15) is 16.8 Å². The molecule has 1 aromatic carbocycles. The molecule has 0 aliphatic carbocycles. The summed E-state index contributed by atoms with van der Waals surface area (Å²) in [5.41, 5.74) is 5.87. The largest absolute Gasteiger partial charge is 0.508 e. The third-order valence-electron chi connectivity index (χ3n) is 2.97. The number of benzene rings is 1. The van der Waals surface area contributed by atoms with Crippen LogP contribution in [0, 0.1) is 0 Å². The summed E-state index contributed by atoms with van der Waals surface area (Å²) in [6, 6.07) is 3.06. The number of imide groups is 1. The molecule has 1 atom stereocenters. The molecule has 0 radical (unpaired) electrons. The molecule has 7 nitrogen and oxygen atoms in total. The molecule has 1 saturated heterocycles. The second-order valence-electron chi connectivity index (χ2n) is 4.29. The SMILES string of the molecule is CN1C(=O)CC(NC(=O)c2cc(O)ccc2N)C1=O. The highest BCUT2D eigenvalue weighted by molar-refractivity contribution is 6.08. The van der Waals surface area contributed by atoms with Crippen LogP contribution < -0.4 is 11.1 Å². The van der Waals surface area contributed by atoms with Crippen LogP contribution in [0.2, 0.25) is 0 Å². The molecule has 0 saturated carbocycles. The van der Waals surface area contributed by atoms with Gasteiger partial charge in [0.15, 0.2) is 0 Å². The van der Waals surface area contributed by atoms with Crippen LogP contribution in [-0.2, 0) is 9.59 Å². The Labute approximate surface area is 109 Å². The summed E-state index contributed by atoms with van der Waals surface area (Å²) in [7, 11) is 1.36. The van der Waals surface area contributed by atoms with Gasteiger partial charge >= 0.3 is 0 Å². The highest BCUT2D eigenvalue weighted by Gasteiger charge is 2.37. The predicted molar refractivity (Wildman–Crippen MR) is 66.2 cm³/mol. The number of nitrogens with one attached hydrogen (secondary N) is 1. The van der Waals surface area contributed by atoms with Gasteiger partial charge in [-0.2, -0.15) is 0 Å². The predicted octanol–water partition coefficient (Wildman–Crippen LogP) is -0.539. The quantitative estimate of drug-likeness (QED) is 0.377. The Balaban J connectivity index is 2.16. The van der Waals surface area contributed by atoms with Crippen molar-refractivity contribution in [3.05, 3.63) is 23.8 Å². The van der Waals surface area contributed by atoms with Crippen molar-refractivity contribution < 1.29 is 19.5 Å². The van der Waals surface area contributed by atoms with Crippen molar-refractivity contribution in [3.63, 3.8) is 0 Å². The maximum atomic E-state index is 11.9. The van der Waals surface area contributed by atoms with Gasteiger partial charge in [-0.1, -0.05) is 0 Å². The van der Waals surface area contributed by atoms with Gasteiger partial charge in [-0.25, -0.2) is 0 Å². The van der Waals surface area contributed by atoms with Crippen molar-refractivity contribution in [3.8, 4) is 5.75 Å². The lowest BCUT2D eigenvalue weighted by Gasteiger charge is -2.12. The Hall–Kier alpha value is -2.57. The number of anilines is 1. The minimum atomic E-state index is -0.883. The molecule has 3 amide bonds. The normalized spacial score (nSPS) is 18.8. The van der Waals surface area contributed by atoms with E-state index < -0.39 is 17.9 Å². The Morgan fingerprint density at radius 1 is 1.47 bits per heavy atom. The molecule has 100 valence electrons. The van der Waals surface area contributed by atoms with Crippen LogP contribution >= 0.6 is 0 Å². The zero-order valence-corrected chi connectivity index (χ0v) is 10.2. The van der Waals surface area contributed by atoms with Crippen LogP contribution in [-0.4, -0.2) is 40.8 Å². The molecule has 0 spiro atoms. The molecule has 1 aliphatic heterocycles. The number of rotatable bonds is 2. The standard InChI is InChI=1S/C12H13N3O4/c1-15-10(17)5-9(12(15)19)14-11(18)7-4-6(16)2-3-8(7)13/h2-4,9,16H,5,13H2,1H3,(H,14,18). The number of nitrogen functional groups attached to an aromatic ring is 1. The van der Waals surface area contributed by atoms with E-state index in [4.69, 9.17) is 5.73 Å². The maximum Gasteiger partial charge on any atom is 0.254 e. The van der Waals surface area contributed by atoms with E-state index in [1.54, 1.807) is 0 Å². The van der Waals surface area contributed by atoms with Crippen LogP contribution in [0.25, 0.3) is 0 Å². The lowest BCUT2D eigenvalue weighted by Crippen LogP contribution is -2.40. The fourth-order valence-corrected chi connectivity index (χ4v) is 1.85. The van der Waals surface area contributed by atoms with Crippen molar-refractivity contribution >= 4 is 23.4 Å². The summed E-state index contributed by atoms with van der Waals surface area (Å²) in [4.78, 5) is 35.9. The van der Waals surface area contributed by atoms with Crippen LogP contribution in [0.15, 0.2) is 18.2 Å². The van der Waals surface area contributed by atoms with E-state index in [0.29, 0.717) is 0 Å². The van der Waals surface area contributed by atoms with E-state index in [2.05, 4.69) is 5.32 Å². The maximum absolute atomic E-state index is 11.9.